The molecule has 1 fully saturated rings. The van der Waals surface area contributed by atoms with Crippen LogP contribution in [0.1, 0.15) is 19.3 Å². The standard InChI is InChI=1S/C7H16N2O/c8-4-6-2-1-3-7(5-10)9-6/h6-7,9-10H,1-5,8H2/t6-,7-/m1/s1. The summed E-state index contributed by atoms with van der Waals surface area (Å²) in [6.07, 6.45) is 3.44. The van der Waals surface area contributed by atoms with E-state index in [1.165, 1.54) is 6.42 Å². The summed E-state index contributed by atoms with van der Waals surface area (Å²) in [5.41, 5.74) is 5.48. The van der Waals surface area contributed by atoms with Gasteiger partial charge in [0, 0.05) is 18.6 Å². The Morgan fingerprint density at radius 1 is 1.40 bits per heavy atom. The molecule has 60 valence electrons. The van der Waals surface area contributed by atoms with Crippen LogP contribution < -0.4 is 11.1 Å². The van der Waals surface area contributed by atoms with E-state index in [2.05, 4.69) is 5.32 Å². The third-order valence-electron chi connectivity index (χ3n) is 2.08. The van der Waals surface area contributed by atoms with E-state index in [4.69, 9.17) is 10.8 Å². The molecule has 0 amide bonds. The predicted molar refractivity (Wildman–Crippen MR) is 40.7 cm³/mol. The van der Waals surface area contributed by atoms with Gasteiger partial charge in [-0.05, 0) is 12.8 Å². The zero-order valence-corrected chi connectivity index (χ0v) is 6.21. The lowest BCUT2D eigenvalue weighted by Crippen LogP contribution is -2.47. The first-order valence-electron chi connectivity index (χ1n) is 3.93. The van der Waals surface area contributed by atoms with E-state index in [1.807, 2.05) is 0 Å². The van der Waals surface area contributed by atoms with Crippen molar-refractivity contribution in [2.45, 2.75) is 31.3 Å². The highest BCUT2D eigenvalue weighted by molar-refractivity contribution is 4.79. The summed E-state index contributed by atoms with van der Waals surface area (Å²) in [5.74, 6) is 0. The first kappa shape index (κ1) is 7.98. The number of rotatable bonds is 2. The molecule has 3 heteroatoms. The minimum absolute atomic E-state index is 0.247. The van der Waals surface area contributed by atoms with Crippen molar-refractivity contribution in [1.82, 2.24) is 5.32 Å². The van der Waals surface area contributed by atoms with Crippen molar-refractivity contribution in [3.8, 4) is 0 Å². The van der Waals surface area contributed by atoms with Gasteiger partial charge >= 0.3 is 0 Å². The lowest BCUT2D eigenvalue weighted by molar-refractivity contribution is 0.199. The quantitative estimate of drug-likeness (QED) is 0.487. The molecule has 0 unspecified atom stereocenters. The van der Waals surface area contributed by atoms with E-state index in [0.717, 1.165) is 12.8 Å². The van der Waals surface area contributed by atoms with Crippen LogP contribution in [0, 0.1) is 0 Å². The minimum atomic E-state index is 0.247. The Hall–Kier alpha value is -0.120. The lowest BCUT2D eigenvalue weighted by atomic mass is 9.99. The molecule has 0 radical (unpaired) electrons. The van der Waals surface area contributed by atoms with Gasteiger partial charge in [0.05, 0.1) is 6.61 Å². The van der Waals surface area contributed by atoms with Gasteiger partial charge in [-0.15, -0.1) is 0 Å². The Morgan fingerprint density at radius 2 is 2.10 bits per heavy atom. The third-order valence-corrected chi connectivity index (χ3v) is 2.08. The predicted octanol–water partition coefficient (Wildman–Crippen LogP) is -0.552. The van der Waals surface area contributed by atoms with E-state index in [0.29, 0.717) is 18.6 Å². The zero-order valence-electron chi connectivity index (χ0n) is 6.21. The molecule has 2 atom stereocenters. The van der Waals surface area contributed by atoms with Crippen molar-refractivity contribution in [3.05, 3.63) is 0 Å². The number of aliphatic hydroxyl groups excluding tert-OH is 1. The van der Waals surface area contributed by atoms with Crippen LogP contribution in [0.4, 0.5) is 0 Å². The molecule has 0 aliphatic carbocycles. The maximum Gasteiger partial charge on any atom is 0.0584 e. The molecule has 0 spiro atoms. The van der Waals surface area contributed by atoms with Gasteiger partial charge in [0.1, 0.15) is 0 Å². The number of hydrogen-bond donors (Lipinski definition) is 3. The van der Waals surface area contributed by atoms with Crippen LogP contribution in [0.3, 0.4) is 0 Å². The van der Waals surface area contributed by atoms with Crippen molar-refractivity contribution in [1.29, 1.82) is 0 Å². The van der Waals surface area contributed by atoms with E-state index < -0.39 is 0 Å². The van der Waals surface area contributed by atoms with Gasteiger partial charge in [-0.25, -0.2) is 0 Å². The summed E-state index contributed by atoms with van der Waals surface area (Å²) in [4.78, 5) is 0. The highest BCUT2D eigenvalue weighted by Crippen LogP contribution is 2.10. The van der Waals surface area contributed by atoms with Gasteiger partial charge in [-0.1, -0.05) is 6.42 Å². The lowest BCUT2D eigenvalue weighted by Gasteiger charge is -2.28. The zero-order chi connectivity index (χ0) is 7.40. The Kier molecular flexibility index (Phi) is 3.12. The van der Waals surface area contributed by atoms with Gasteiger partial charge in [0.2, 0.25) is 0 Å². The highest BCUT2D eigenvalue weighted by Gasteiger charge is 2.18. The van der Waals surface area contributed by atoms with Crippen LogP contribution in [0.5, 0.6) is 0 Å². The molecule has 1 rings (SSSR count). The molecule has 1 saturated heterocycles. The summed E-state index contributed by atoms with van der Waals surface area (Å²) < 4.78 is 0. The van der Waals surface area contributed by atoms with Crippen LogP contribution in [-0.4, -0.2) is 30.3 Å². The number of piperidine rings is 1. The van der Waals surface area contributed by atoms with Crippen LogP contribution in [0.15, 0.2) is 0 Å². The number of hydrogen-bond acceptors (Lipinski definition) is 3. The molecule has 3 nitrogen and oxygen atoms in total. The highest BCUT2D eigenvalue weighted by atomic mass is 16.3. The molecule has 0 aromatic carbocycles. The molecular weight excluding hydrogens is 128 g/mol. The molecule has 1 heterocycles. The first-order chi connectivity index (χ1) is 4.86. The van der Waals surface area contributed by atoms with E-state index in [-0.39, 0.29) is 6.61 Å². The number of aliphatic hydroxyl groups is 1. The van der Waals surface area contributed by atoms with Gasteiger partial charge in [-0.3, -0.25) is 0 Å². The van der Waals surface area contributed by atoms with Crippen molar-refractivity contribution in [3.63, 3.8) is 0 Å². The van der Waals surface area contributed by atoms with Crippen molar-refractivity contribution in [2.24, 2.45) is 5.73 Å². The molecule has 1 aliphatic heterocycles. The van der Waals surface area contributed by atoms with Gasteiger partial charge < -0.3 is 16.2 Å². The van der Waals surface area contributed by atoms with Crippen molar-refractivity contribution >= 4 is 0 Å². The average molecular weight is 144 g/mol. The fourth-order valence-corrected chi connectivity index (χ4v) is 1.44. The monoisotopic (exact) mass is 144 g/mol. The van der Waals surface area contributed by atoms with E-state index >= 15 is 0 Å². The second kappa shape index (κ2) is 3.91. The van der Waals surface area contributed by atoms with Crippen LogP contribution >= 0.6 is 0 Å². The van der Waals surface area contributed by atoms with Gasteiger partial charge in [0.25, 0.3) is 0 Å². The molecule has 0 aromatic heterocycles. The van der Waals surface area contributed by atoms with Crippen LogP contribution in [0.25, 0.3) is 0 Å². The maximum atomic E-state index is 8.80. The SMILES string of the molecule is NC[C@H]1CCC[C@H](CO)N1. The van der Waals surface area contributed by atoms with Crippen molar-refractivity contribution in [2.75, 3.05) is 13.2 Å². The molecule has 0 aromatic rings. The Morgan fingerprint density at radius 3 is 2.70 bits per heavy atom. The van der Waals surface area contributed by atoms with Gasteiger partial charge in [-0.2, -0.15) is 0 Å². The molecule has 10 heavy (non-hydrogen) atoms. The molecule has 4 N–H and O–H groups in total. The second-order valence-corrected chi connectivity index (χ2v) is 2.91. The fraction of sp³-hybridized carbons (Fsp3) is 1.00. The number of nitrogens with two attached hydrogens (primary N) is 1. The smallest absolute Gasteiger partial charge is 0.0584 e. The second-order valence-electron chi connectivity index (χ2n) is 2.91. The molecule has 0 saturated carbocycles. The third kappa shape index (κ3) is 1.94. The molecular formula is C7H16N2O. The summed E-state index contributed by atoms with van der Waals surface area (Å²) in [7, 11) is 0. The summed E-state index contributed by atoms with van der Waals surface area (Å²) >= 11 is 0. The first-order valence-corrected chi connectivity index (χ1v) is 3.93. The van der Waals surface area contributed by atoms with Crippen LogP contribution in [-0.2, 0) is 0 Å². The topological polar surface area (TPSA) is 58.3 Å². The van der Waals surface area contributed by atoms with E-state index in [1.54, 1.807) is 0 Å². The minimum Gasteiger partial charge on any atom is -0.395 e. The average Bonchev–Trinajstić information content (AvgIpc) is 2.05. The molecule has 1 aliphatic rings. The molecule has 0 bridgehead atoms. The fourth-order valence-electron chi connectivity index (χ4n) is 1.44. The maximum absolute atomic E-state index is 8.80. The Labute approximate surface area is 61.6 Å². The summed E-state index contributed by atoms with van der Waals surface area (Å²) in [6, 6.07) is 0.730. The summed E-state index contributed by atoms with van der Waals surface area (Å²) in [5, 5.41) is 12.1. The number of nitrogens with one attached hydrogen (secondary N) is 1. The largest absolute Gasteiger partial charge is 0.395 e. The van der Waals surface area contributed by atoms with Crippen LogP contribution in [0.2, 0.25) is 0 Å². The van der Waals surface area contributed by atoms with Gasteiger partial charge in [0.15, 0.2) is 0 Å². The van der Waals surface area contributed by atoms with Crippen molar-refractivity contribution < 1.29 is 5.11 Å². The van der Waals surface area contributed by atoms with E-state index in [9.17, 15) is 0 Å². The normalized spacial score (nSPS) is 34.2. The summed E-state index contributed by atoms with van der Waals surface area (Å²) in [6.45, 7) is 0.938. The Bertz CT molecular complexity index is 87.6. The Balaban J connectivity index is 2.25.